The van der Waals surface area contributed by atoms with Crippen molar-refractivity contribution in [1.82, 2.24) is 5.32 Å². The summed E-state index contributed by atoms with van der Waals surface area (Å²) < 4.78 is 1.91. The molecule has 5 heteroatoms. The van der Waals surface area contributed by atoms with Crippen LogP contribution in [0.2, 0.25) is 0 Å². The zero-order valence-corrected chi connectivity index (χ0v) is 11.3. The number of thiophene rings is 1. The van der Waals surface area contributed by atoms with Crippen LogP contribution >= 0.6 is 43.2 Å². The highest BCUT2D eigenvalue weighted by Crippen LogP contribution is 2.33. The third kappa shape index (κ3) is 2.10. The molecule has 0 aromatic carbocycles. The Hall–Kier alpha value is 0.290. The molecule has 1 aromatic rings. The highest BCUT2D eigenvalue weighted by atomic mass is 79.9. The van der Waals surface area contributed by atoms with Crippen LogP contribution in [0.4, 0.5) is 0 Å². The molecule has 1 fully saturated rings. The molecule has 1 unspecified atom stereocenters. The summed E-state index contributed by atoms with van der Waals surface area (Å²) in [7, 11) is 0. The van der Waals surface area contributed by atoms with Crippen molar-refractivity contribution < 1.29 is 4.79 Å². The Morgan fingerprint density at radius 2 is 2.36 bits per heavy atom. The quantitative estimate of drug-likeness (QED) is 0.839. The lowest BCUT2D eigenvalue weighted by Gasteiger charge is -2.07. The smallest absolute Gasteiger partial charge is 0.181 e. The lowest BCUT2D eigenvalue weighted by atomic mass is 10.1. The van der Waals surface area contributed by atoms with Gasteiger partial charge >= 0.3 is 0 Å². The van der Waals surface area contributed by atoms with E-state index >= 15 is 0 Å². The number of hydrogen-bond acceptors (Lipinski definition) is 3. The van der Waals surface area contributed by atoms with E-state index in [9.17, 15) is 4.79 Å². The molecule has 1 aromatic heterocycles. The minimum absolute atomic E-state index is 0.0211. The first-order valence-electron chi connectivity index (χ1n) is 4.41. The first-order valence-corrected chi connectivity index (χ1v) is 6.81. The number of hydrogen-bond donors (Lipinski definition) is 1. The second-order valence-electron chi connectivity index (χ2n) is 3.25. The maximum Gasteiger partial charge on any atom is 0.181 e. The van der Waals surface area contributed by atoms with E-state index in [-0.39, 0.29) is 11.8 Å². The molecule has 0 saturated carbocycles. The van der Waals surface area contributed by atoms with Crippen LogP contribution in [0.3, 0.4) is 0 Å². The lowest BCUT2D eigenvalue weighted by Crippen LogP contribution is -2.30. The topological polar surface area (TPSA) is 29.1 Å². The SMILES string of the molecule is O=C(c1cc(Br)sc1Br)C1CCCN1. The van der Waals surface area contributed by atoms with E-state index in [0.717, 1.165) is 32.5 Å². The number of Topliss-reactive ketones (excluding diaryl/α,β-unsaturated/α-hetero) is 1. The average molecular weight is 339 g/mol. The Labute approximate surface area is 103 Å². The summed E-state index contributed by atoms with van der Waals surface area (Å²) in [6, 6.07) is 1.91. The van der Waals surface area contributed by atoms with Crippen LogP contribution in [0.5, 0.6) is 0 Å². The van der Waals surface area contributed by atoms with Crippen molar-refractivity contribution in [2.45, 2.75) is 18.9 Å². The van der Waals surface area contributed by atoms with Gasteiger partial charge < -0.3 is 5.32 Å². The molecule has 1 atom stereocenters. The lowest BCUT2D eigenvalue weighted by molar-refractivity contribution is 0.0952. The molecule has 1 saturated heterocycles. The van der Waals surface area contributed by atoms with E-state index in [1.54, 1.807) is 11.3 Å². The average Bonchev–Trinajstić information content (AvgIpc) is 2.73. The van der Waals surface area contributed by atoms with Gasteiger partial charge in [0.2, 0.25) is 0 Å². The van der Waals surface area contributed by atoms with Crippen molar-refractivity contribution in [3.05, 3.63) is 19.2 Å². The van der Waals surface area contributed by atoms with Crippen LogP contribution in [0, 0.1) is 0 Å². The van der Waals surface area contributed by atoms with Crippen molar-refractivity contribution in [1.29, 1.82) is 0 Å². The summed E-state index contributed by atoms with van der Waals surface area (Å²) in [6.45, 7) is 0.958. The van der Waals surface area contributed by atoms with Gasteiger partial charge in [-0.05, 0) is 57.3 Å². The second kappa shape index (κ2) is 4.43. The third-order valence-corrected chi connectivity index (χ3v) is 4.64. The molecule has 1 N–H and O–H groups in total. The summed E-state index contributed by atoms with van der Waals surface area (Å²) in [5.41, 5.74) is 0.793. The first kappa shape index (κ1) is 10.8. The minimum Gasteiger partial charge on any atom is -0.307 e. The van der Waals surface area contributed by atoms with Gasteiger partial charge in [0.25, 0.3) is 0 Å². The normalized spacial score (nSPS) is 21.4. The highest BCUT2D eigenvalue weighted by Gasteiger charge is 2.25. The zero-order chi connectivity index (χ0) is 10.1. The van der Waals surface area contributed by atoms with Crippen molar-refractivity contribution in [2.75, 3.05) is 6.54 Å². The summed E-state index contributed by atoms with van der Waals surface area (Å²) >= 11 is 8.32. The molecule has 0 aliphatic carbocycles. The molecule has 0 amide bonds. The van der Waals surface area contributed by atoms with Gasteiger partial charge in [0, 0.05) is 5.56 Å². The van der Waals surface area contributed by atoms with Gasteiger partial charge in [-0.25, -0.2) is 0 Å². The summed E-state index contributed by atoms with van der Waals surface area (Å²) in [6.07, 6.45) is 2.05. The highest BCUT2D eigenvalue weighted by molar-refractivity contribution is 9.12. The fourth-order valence-electron chi connectivity index (χ4n) is 1.60. The fourth-order valence-corrected chi connectivity index (χ4v) is 4.42. The summed E-state index contributed by atoms with van der Waals surface area (Å²) in [5, 5.41) is 3.21. The molecule has 1 aliphatic heterocycles. The van der Waals surface area contributed by atoms with E-state index in [1.165, 1.54) is 0 Å². The van der Waals surface area contributed by atoms with Gasteiger partial charge in [-0.1, -0.05) is 0 Å². The molecule has 0 radical (unpaired) electrons. The molecule has 0 spiro atoms. The maximum absolute atomic E-state index is 12.0. The van der Waals surface area contributed by atoms with E-state index in [4.69, 9.17) is 0 Å². The Balaban J connectivity index is 2.21. The molecule has 0 bridgehead atoms. The number of carbonyl (C=O) groups is 1. The molecule has 2 nitrogen and oxygen atoms in total. The Morgan fingerprint density at radius 1 is 1.57 bits per heavy atom. The summed E-state index contributed by atoms with van der Waals surface area (Å²) in [4.78, 5) is 12.0. The van der Waals surface area contributed by atoms with Crippen LogP contribution in [0.25, 0.3) is 0 Å². The minimum atomic E-state index is 0.0211. The molecular weight excluding hydrogens is 330 g/mol. The van der Waals surface area contributed by atoms with Crippen molar-refractivity contribution in [3.63, 3.8) is 0 Å². The van der Waals surface area contributed by atoms with E-state index in [1.807, 2.05) is 6.07 Å². The Morgan fingerprint density at radius 3 is 2.86 bits per heavy atom. The van der Waals surface area contributed by atoms with Gasteiger partial charge in [0.15, 0.2) is 5.78 Å². The van der Waals surface area contributed by atoms with Gasteiger partial charge in [-0.15, -0.1) is 11.3 Å². The first-order chi connectivity index (χ1) is 6.68. The number of rotatable bonds is 2. The van der Waals surface area contributed by atoms with Crippen LogP contribution < -0.4 is 5.32 Å². The predicted octanol–water partition coefficient (Wildman–Crippen LogP) is 3.21. The van der Waals surface area contributed by atoms with Crippen LogP contribution in [-0.4, -0.2) is 18.4 Å². The largest absolute Gasteiger partial charge is 0.307 e. The zero-order valence-electron chi connectivity index (χ0n) is 7.35. The number of nitrogens with one attached hydrogen (secondary N) is 1. The standard InChI is InChI=1S/C9H9Br2NOS/c10-7-4-5(9(11)14-7)8(13)6-2-1-3-12-6/h4,6,12H,1-3H2. The molecule has 76 valence electrons. The molecule has 1 aliphatic rings. The third-order valence-electron chi connectivity index (χ3n) is 2.30. The van der Waals surface area contributed by atoms with Gasteiger partial charge in [-0.2, -0.15) is 0 Å². The predicted molar refractivity (Wildman–Crippen MR) is 65.1 cm³/mol. The number of ketones is 1. The number of carbonyl (C=O) groups excluding carboxylic acids is 1. The van der Waals surface area contributed by atoms with Crippen LogP contribution in [0.15, 0.2) is 13.6 Å². The Kier molecular flexibility index (Phi) is 3.42. The van der Waals surface area contributed by atoms with Crippen LogP contribution in [-0.2, 0) is 0 Å². The second-order valence-corrected chi connectivity index (χ2v) is 7.00. The van der Waals surface area contributed by atoms with E-state index in [2.05, 4.69) is 37.2 Å². The van der Waals surface area contributed by atoms with E-state index in [0.29, 0.717) is 0 Å². The molecule has 2 rings (SSSR count). The van der Waals surface area contributed by atoms with Gasteiger partial charge in [0.1, 0.15) is 0 Å². The van der Waals surface area contributed by atoms with Crippen molar-refractivity contribution in [2.24, 2.45) is 0 Å². The van der Waals surface area contributed by atoms with Crippen molar-refractivity contribution >= 4 is 49.0 Å². The number of halogens is 2. The molecular formula is C9H9Br2NOS. The molecule has 2 heterocycles. The summed E-state index contributed by atoms with van der Waals surface area (Å²) in [5.74, 6) is 0.205. The monoisotopic (exact) mass is 337 g/mol. The Bertz CT molecular complexity index is 358. The van der Waals surface area contributed by atoms with E-state index < -0.39 is 0 Å². The van der Waals surface area contributed by atoms with Gasteiger partial charge in [0.05, 0.1) is 13.6 Å². The van der Waals surface area contributed by atoms with Crippen molar-refractivity contribution in [3.8, 4) is 0 Å². The maximum atomic E-state index is 12.0. The van der Waals surface area contributed by atoms with Gasteiger partial charge in [-0.3, -0.25) is 4.79 Å². The van der Waals surface area contributed by atoms with Crippen LogP contribution in [0.1, 0.15) is 23.2 Å². The molecule has 14 heavy (non-hydrogen) atoms. The fraction of sp³-hybridized carbons (Fsp3) is 0.444.